The number of nitro groups is 1. The molecule has 0 bridgehead atoms. The number of nitrogens with one attached hydrogen (secondary N) is 1. The topological polar surface area (TPSA) is 127 Å². The SMILES string of the molecule is Cc1c(C(C)NC(=O)c2cc(C(=O)O)cc([N+](=O)[O-])c2)cnn1C. The number of carboxylic acids is 1. The first-order chi connectivity index (χ1) is 11.2. The molecule has 0 spiro atoms. The molecule has 1 aromatic heterocycles. The minimum atomic E-state index is -1.34. The molecule has 1 atom stereocenters. The number of hydrogen-bond donors (Lipinski definition) is 2. The van der Waals surface area contributed by atoms with Crippen molar-refractivity contribution in [3.8, 4) is 0 Å². The monoisotopic (exact) mass is 332 g/mol. The molecule has 9 nitrogen and oxygen atoms in total. The first-order valence-electron chi connectivity index (χ1n) is 7.03. The number of benzene rings is 1. The van der Waals surface area contributed by atoms with E-state index < -0.39 is 28.5 Å². The van der Waals surface area contributed by atoms with E-state index in [2.05, 4.69) is 10.4 Å². The molecule has 0 saturated carbocycles. The summed E-state index contributed by atoms with van der Waals surface area (Å²) in [4.78, 5) is 33.6. The van der Waals surface area contributed by atoms with E-state index in [1.807, 2.05) is 6.92 Å². The van der Waals surface area contributed by atoms with Crippen LogP contribution in [0.3, 0.4) is 0 Å². The van der Waals surface area contributed by atoms with Crippen molar-refractivity contribution in [1.29, 1.82) is 0 Å². The highest BCUT2D eigenvalue weighted by Gasteiger charge is 2.20. The van der Waals surface area contributed by atoms with Crippen LogP contribution in [-0.4, -0.2) is 31.7 Å². The van der Waals surface area contributed by atoms with E-state index in [0.29, 0.717) is 0 Å². The van der Waals surface area contributed by atoms with Crippen LogP contribution in [-0.2, 0) is 7.05 Å². The first-order valence-corrected chi connectivity index (χ1v) is 7.03. The van der Waals surface area contributed by atoms with E-state index in [0.717, 1.165) is 29.5 Å². The number of hydrogen-bond acceptors (Lipinski definition) is 5. The van der Waals surface area contributed by atoms with Gasteiger partial charge in [0.2, 0.25) is 0 Å². The van der Waals surface area contributed by atoms with Crippen LogP contribution in [0, 0.1) is 17.0 Å². The van der Waals surface area contributed by atoms with Crippen LogP contribution in [0.15, 0.2) is 24.4 Å². The van der Waals surface area contributed by atoms with Crippen LogP contribution in [0.2, 0.25) is 0 Å². The molecule has 2 N–H and O–H groups in total. The molecule has 0 aliphatic carbocycles. The molecule has 0 aliphatic rings. The summed E-state index contributed by atoms with van der Waals surface area (Å²) < 4.78 is 1.66. The van der Waals surface area contributed by atoms with Gasteiger partial charge in [-0.2, -0.15) is 5.10 Å². The Labute approximate surface area is 137 Å². The van der Waals surface area contributed by atoms with Crippen molar-refractivity contribution in [2.45, 2.75) is 19.9 Å². The fourth-order valence-electron chi connectivity index (χ4n) is 2.27. The highest BCUT2D eigenvalue weighted by atomic mass is 16.6. The van der Waals surface area contributed by atoms with Crippen LogP contribution >= 0.6 is 0 Å². The van der Waals surface area contributed by atoms with Crippen LogP contribution in [0.1, 0.15) is 44.9 Å². The normalized spacial score (nSPS) is 11.8. The number of carbonyl (C=O) groups is 2. The van der Waals surface area contributed by atoms with Gasteiger partial charge in [-0.15, -0.1) is 0 Å². The fraction of sp³-hybridized carbons (Fsp3) is 0.267. The van der Waals surface area contributed by atoms with Gasteiger partial charge in [0.05, 0.1) is 22.7 Å². The molecule has 9 heteroatoms. The number of non-ortho nitro benzene ring substituents is 1. The largest absolute Gasteiger partial charge is 0.478 e. The Hall–Kier alpha value is -3.23. The van der Waals surface area contributed by atoms with Gasteiger partial charge in [-0.25, -0.2) is 4.79 Å². The number of nitrogens with zero attached hydrogens (tertiary/aromatic N) is 3. The Morgan fingerprint density at radius 3 is 2.46 bits per heavy atom. The van der Waals surface area contributed by atoms with E-state index in [1.54, 1.807) is 24.9 Å². The van der Waals surface area contributed by atoms with Crippen molar-refractivity contribution in [1.82, 2.24) is 15.1 Å². The summed E-state index contributed by atoms with van der Waals surface area (Å²) in [6, 6.07) is 2.67. The van der Waals surface area contributed by atoms with Crippen LogP contribution in [0.4, 0.5) is 5.69 Å². The number of aromatic carboxylic acids is 1. The van der Waals surface area contributed by atoms with Crippen molar-refractivity contribution < 1.29 is 19.6 Å². The summed E-state index contributed by atoms with van der Waals surface area (Å²) in [7, 11) is 1.77. The van der Waals surface area contributed by atoms with E-state index in [4.69, 9.17) is 5.11 Å². The molecule has 126 valence electrons. The second-order valence-electron chi connectivity index (χ2n) is 5.33. The third kappa shape index (κ3) is 3.40. The summed E-state index contributed by atoms with van der Waals surface area (Å²) in [6.45, 7) is 3.60. The third-order valence-electron chi connectivity index (χ3n) is 3.73. The lowest BCUT2D eigenvalue weighted by atomic mass is 10.1. The zero-order chi connectivity index (χ0) is 18.0. The smallest absolute Gasteiger partial charge is 0.335 e. The van der Waals surface area contributed by atoms with Gasteiger partial charge in [-0.05, 0) is 19.9 Å². The number of carbonyl (C=O) groups excluding carboxylic acids is 1. The maximum absolute atomic E-state index is 12.3. The molecule has 1 unspecified atom stereocenters. The first kappa shape index (κ1) is 17.1. The molecule has 1 heterocycles. The molecule has 0 saturated heterocycles. The molecule has 1 amide bonds. The van der Waals surface area contributed by atoms with Gasteiger partial charge >= 0.3 is 5.97 Å². The van der Waals surface area contributed by atoms with E-state index in [1.165, 1.54) is 0 Å². The summed E-state index contributed by atoms with van der Waals surface area (Å²) in [5, 5.41) is 26.7. The second-order valence-corrected chi connectivity index (χ2v) is 5.33. The highest BCUT2D eigenvalue weighted by Crippen LogP contribution is 2.20. The Balaban J connectivity index is 2.30. The molecule has 2 aromatic rings. The summed E-state index contributed by atoms with van der Waals surface area (Å²) in [5.74, 6) is -1.94. The van der Waals surface area contributed by atoms with Gasteiger partial charge in [0.1, 0.15) is 0 Å². The van der Waals surface area contributed by atoms with Crippen molar-refractivity contribution in [2.75, 3.05) is 0 Å². The number of rotatable bonds is 5. The van der Waals surface area contributed by atoms with E-state index in [-0.39, 0.29) is 11.1 Å². The Morgan fingerprint density at radius 1 is 1.33 bits per heavy atom. The number of aryl methyl sites for hydroxylation is 1. The van der Waals surface area contributed by atoms with Crippen molar-refractivity contribution in [2.24, 2.45) is 7.05 Å². The van der Waals surface area contributed by atoms with Crippen LogP contribution < -0.4 is 5.32 Å². The summed E-state index contributed by atoms with van der Waals surface area (Å²) >= 11 is 0. The lowest BCUT2D eigenvalue weighted by Crippen LogP contribution is -2.27. The third-order valence-corrected chi connectivity index (χ3v) is 3.73. The molecule has 2 rings (SSSR count). The van der Waals surface area contributed by atoms with E-state index >= 15 is 0 Å². The molecular weight excluding hydrogens is 316 g/mol. The minimum Gasteiger partial charge on any atom is -0.478 e. The average Bonchev–Trinajstić information content (AvgIpc) is 2.86. The van der Waals surface area contributed by atoms with Crippen molar-refractivity contribution in [3.63, 3.8) is 0 Å². The Kier molecular flexibility index (Phi) is 4.63. The molecule has 0 aliphatic heterocycles. The standard InChI is InChI=1S/C15H16N4O5/c1-8(13-7-16-18(3)9(13)2)17-14(20)10-4-11(15(21)22)6-12(5-10)19(23)24/h4-8H,1-3H3,(H,17,20)(H,21,22). The molecule has 0 radical (unpaired) electrons. The van der Waals surface area contributed by atoms with Gasteiger partial charge in [0.25, 0.3) is 11.6 Å². The number of amides is 1. The van der Waals surface area contributed by atoms with Gasteiger partial charge < -0.3 is 10.4 Å². The van der Waals surface area contributed by atoms with Gasteiger partial charge in [-0.3, -0.25) is 19.6 Å². The maximum Gasteiger partial charge on any atom is 0.335 e. The average molecular weight is 332 g/mol. The van der Waals surface area contributed by atoms with Crippen molar-refractivity contribution >= 4 is 17.6 Å². The van der Waals surface area contributed by atoms with Gasteiger partial charge in [0, 0.05) is 36.0 Å². The lowest BCUT2D eigenvalue weighted by Gasteiger charge is -2.14. The Morgan fingerprint density at radius 2 is 1.96 bits per heavy atom. The zero-order valence-corrected chi connectivity index (χ0v) is 13.3. The Bertz CT molecular complexity index is 795. The second kappa shape index (κ2) is 6.49. The van der Waals surface area contributed by atoms with Crippen LogP contribution in [0.5, 0.6) is 0 Å². The van der Waals surface area contributed by atoms with Crippen molar-refractivity contribution in [3.05, 3.63) is 56.9 Å². The number of carboxylic acid groups (broad SMARTS) is 1. The van der Waals surface area contributed by atoms with Crippen LogP contribution in [0.25, 0.3) is 0 Å². The minimum absolute atomic E-state index is 0.0880. The lowest BCUT2D eigenvalue weighted by molar-refractivity contribution is -0.384. The molecule has 0 fully saturated rings. The fourth-order valence-corrected chi connectivity index (χ4v) is 2.27. The predicted molar refractivity (Wildman–Crippen MR) is 83.9 cm³/mol. The summed E-state index contributed by atoms with van der Waals surface area (Å²) in [6.07, 6.45) is 1.62. The summed E-state index contributed by atoms with van der Waals surface area (Å²) in [5.41, 5.74) is 0.808. The number of aromatic nitrogens is 2. The van der Waals surface area contributed by atoms with Gasteiger partial charge in [-0.1, -0.05) is 0 Å². The molecular formula is C15H16N4O5. The van der Waals surface area contributed by atoms with E-state index in [9.17, 15) is 19.7 Å². The maximum atomic E-state index is 12.3. The quantitative estimate of drug-likeness (QED) is 0.635. The highest BCUT2D eigenvalue weighted by molar-refractivity contribution is 5.98. The number of nitro benzene ring substituents is 1. The molecule has 1 aromatic carbocycles. The molecule has 24 heavy (non-hydrogen) atoms. The zero-order valence-electron chi connectivity index (χ0n) is 13.3. The van der Waals surface area contributed by atoms with Gasteiger partial charge in [0.15, 0.2) is 0 Å². The predicted octanol–water partition coefficient (Wildman–Crippen LogP) is 1.83.